The van der Waals surface area contributed by atoms with Crippen LogP contribution in [0.4, 0.5) is 5.69 Å². The Labute approximate surface area is 200 Å². The molecule has 182 valence electrons. The van der Waals surface area contributed by atoms with E-state index in [9.17, 15) is 13.2 Å². The van der Waals surface area contributed by atoms with Crippen molar-refractivity contribution in [2.75, 3.05) is 10.6 Å². The molecule has 1 amide bonds. The fraction of sp³-hybridized carbons (Fsp3) is 0.519. The number of para-hydroxylation sites is 1. The lowest BCUT2D eigenvalue weighted by atomic mass is 9.81. The van der Waals surface area contributed by atoms with Gasteiger partial charge >= 0.3 is 0 Å². The molecule has 2 aromatic carbocycles. The van der Waals surface area contributed by atoms with Crippen molar-refractivity contribution in [3.8, 4) is 0 Å². The van der Waals surface area contributed by atoms with Crippen molar-refractivity contribution in [1.29, 1.82) is 0 Å². The highest BCUT2D eigenvalue weighted by molar-refractivity contribution is 7.92. The van der Waals surface area contributed by atoms with Crippen molar-refractivity contribution in [3.05, 3.63) is 64.7 Å². The van der Waals surface area contributed by atoms with Crippen molar-refractivity contribution in [3.63, 3.8) is 0 Å². The molecule has 33 heavy (non-hydrogen) atoms. The lowest BCUT2D eigenvalue weighted by Gasteiger charge is -2.33. The van der Waals surface area contributed by atoms with E-state index in [1.165, 1.54) is 10.6 Å². The lowest BCUT2D eigenvalue weighted by Crippen LogP contribution is -2.45. The molecular weight excluding hydrogens is 432 g/mol. The van der Waals surface area contributed by atoms with Crippen LogP contribution >= 0.6 is 0 Å². The van der Waals surface area contributed by atoms with Gasteiger partial charge in [0.1, 0.15) is 0 Å². The summed E-state index contributed by atoms with van der Waals surface area (Å²) in [6, 6.07) is 13.2. The first kappa shape index (κ1) is 26.9. The molecule has 0 aromatic heterocycles. The first-order chi connectivity index (χ1) is 15.2. The molecule has 0 spiro atoms. The first-order valence-corrected chi connectivity index (χ1v) is 13.5. The monoisotopic (exact) mass is 472 g/mol. The van der Waals surface area contributed by atoms with E-state index in [0.29, 0.717) is 5.56 Å². The molecule has 0 saturated heterocycles. The van der Waals surface area contributed by atoms with Crippen LogP contribution in [0.2, 0.25) is 0 Å². The Morgan fingerprint density at radius 1 is 0.909 bits per heavy atom. The van der Waals surface area contributed by atoms with Gasteiger partial charge in [0.25, 0.3) is 5.91 Å². The van der Waals surface area contributed by atoms with Crippen LogP contribution < -0.4 is 9.62 Å². The number of sulfonamides is 1. The van der Waals surface area contributed by atoms with E-state index in [1.54, 1.807) is 12.1 Å². The molecule has 0 heterocycles. The first-order valence-electron chi connectivity index (χ1n) is 11.7. The molecule has 1 N–H and O–H groups in total. The number of nitrogens with one attached hydrogen (secondary N) is 1. The Bertz CT molecular complexity index is 1040. The number of hydrogen-bond acceptors (Lipinski definition) is 3. The zero-order chi connectivity index (χ0) is 25.0. The van der Waals surface area contributed by atoms with Gasteiger partial charge in [-0.3, -0.25) is 9.10 Å². The Morgan fingerprint density at radius 3 is 1.85 bits per heavy atom. The topological polar surface area (TPSA) is 66.5 Å². The fourth-order valence-electron chi connectivity index (χ4n) is 4.57. The number of hydrogen-bond donors (Lipinski definition) is 1. The second-order valence-corrected chi connectivity index (χ2v) is 12.6. The quantitative estimate of drug-likeness (QED) is 0.507. The number of carbonyl (C=O) groups excluding carboxylic acids is 1. The Balaban J connectivity index is 2.29. The highest BCUT2D eigenvalue weighted by atomic mass is 32.2. The van der Waals surface area contributed by atoms with Crippen LogP contribution in [0.1, 0.15) is 81.9 Å². The standard InChI is InChI=1S/C27H40N2O3S/c1-9-21-12-11-13-22(10-2)24(21)29(33(8,31)32)18-20-14-16-23(17-15-20)25(30)28-27(6,7)19-26(3,4)5/h11-17H,9-10,18-19H2,1-8H3,(H,28,30). The summed E-state index contributed by atoms with van der Waals surface area (Å²) in [5, 5.41) is 3.12. The van der Waals surface area contributed by atoms with E-state index < -0.39 is 10.0 Å². The van der Waals surface area contributed by atoms with Crippen LogP contribution in [0.5, 0.6) is 0 Å². The number of anilines is 1. The van der Waals surface area contributed by atoms with Crippen molar-refractivity contribution in [1.82, 2.24) is 5.32 Å². The number of carbonyl (C=O) groups is 1. The van der Waals surface area contributed by atoms with Gasteiger partial charge in [0.2, 0.25) is 10.0 Å². The maximum atomic E-state index is 12.8. The van der Waals surface area contributed by atoms with Gasteiger partial charge in [-0.05, 0) is 67.3 Å². The predicted molar refractivity (Wildman–Crippen MR) is 138 cm³/mol. The zero-order valence-corrected chi connectivity index (χ0v) is 22.3. The number of aryl methyl sites for hydroxylation is 2. The van der Waals surface area contributed by atoms with Gasteiger partial charge in [-0.1, -0.05) is 65.0 Å². The average molecular weight is 473 g/mol. The molecule has 0 bridgehead atoms. The number of benzene rings is 2. The summed E-state index contributed by atoms with van der Waals surface area (Å²) in [6.07, 6.45) is 3.60. The van der Waals surface area contributed by atoms with Gasteiger partial charge in [0, 0.05) is 11.1 Å². The van der Waals surface area contributed by atoms with E-state index in [-0.39, 0.29) is 23.4 Å². The maximum absolute atomic E-state index is 12.8. The SMILES string of the molecule is CCc1cccc(CC)c1N(Cc1ccc(C(=O)NC(C)(C)CC(C)(C)C)cc1)S(C)(=O)=O. The minimum absolute atomic E-state index is 0.0991. The summed E-state index contributed by atoms with van der Waals surface area (Å²) < 4.78 is 27.1. The molecular formula is C27H40N2O3S. The van der Waals surface area contributed by atoms with E-state index in [2.05, 4.69) is 26.1 Å². The second kappa shape index (κ2) is 10.3. The molecule has 0 unspecified atom stereocenters. The summed E-state index contributed by atoms with van der Waals surface area (Å²) in [5.74, 6) is -0.125. The second-order valence-electron chi connectivity index (χ2n) is 10.7. The zero-order valence-electron chi connectivity index (χ0n) is 21.5. The third kappa shape index (κ3) is 7.60. The molecule has 2 rings (SSSR count). The minimum Gasteiger partial charge on any atom is -0.347 e. The maximum Gasteiger partial charge on any atom is 0.251 e. The van der Waals surface area contributed by atoms with Crippen LogP contribution in [0, 0.1) is 5.41 Å². The van der Waals surface area contributed by atoms with E-state index >= 15 is 0 Å². The van der Waals surface area contributed by atoms with Gasteiger partial charge < -0.3 is 5.32 Å². The van der Waals surface area contributed by atoms with Crippen LogP contribution in [0.25, 0.3) is 0 Å². The number of rotatable bonds is 9. The molecule has 0 aliphatic carbocycles. The van der Waals surface area contributed by atoms with E-state index in [0.717, 1.165) is 41.6 Å². The molecule has 6 heteroatoms. The average Bonchev–Trinajstić information content (AvgIpc) is 2.68. The van der Waals surface area contributed by atoms with Gasteiger partial charge in [-0.15, -0.1) is 0 Å². The fourth-order valence-corrected chi connectivity index (χ4v) is 5.52. The van der Waals surface area contributed by atoms with E-state index in [4.69, 9.17) is 0 Å². The highest BCUT2D eigenvalue weighted by Gasteiger charge is 2.27. The number of amides is 1. The van der Waals surface area contributed by atoms with Gasteiger partial charge in [-0.2, -0.15) is 0 Å². The summed E-state index contributed by atoms with van der Waals surface area (Å²) in [6.45, 7) is 14.8. The van der Waals surface area contributed by atoms with Gasteiger partial charge in [-0.25, -0.2) is 8.42 Å². The molecule has 0 aliphatic rings. The van der Waals surface area contributed by atoms with Crippen LogP contribution in [-0.2, 0) is 29.4 Å². The highest BCUT2D eigenvalue weighted by Crippen LogP contribution is 2.31. The van der Waals surface area contributed by atoms with Crippen LogP contribution in [0.3, 0.4) is 0 Å². The molecule has 0 radical (unpaired) electrons. The Kier molecular flexibility index (Phi) is 8.39. The Morgan fingerprint density at radius 2 is 1.42 bits per heavy atom. The van der Waals surface area contributed by atoms with Crippen molar-refractivity contribution < 1.29 is 13.2 Å². The van der Waals surface area contributed by atoms with Crippen LogP contribution in [0.15, 0.2) is 42.5 Å². The molecule has 0 aliphatic heterocycles. The van der Waals surface area contributed by atoms with E-state index in [1.807, 2.05) is 58.0 Å². The van der Waals surface area contributed by atoms with Crippen molar-refractivity contribution in [2.45, 2.75) is 79.8 Å². The summed E-state index contributed by atoms with van der Waals surface area (Å²) in [4.78, 5) is 12.8. The lowest BCUT2D eigenvalue weighted by molar-refractivity contribution is 0.0891. The summed E-state index contributed by atoms with van der Waals surface area (Å²) >= 11 is 0. The third-order valence-electron chi connectivity index (χ3n) is 5.58. The molecule has 5 nitrogen and oxygen atoms in total. The van der Waals surface area contributed by atoms with Crippen LogP contribution in [-0.4, -0.2) is 26.1 Å². The largest absolute Gasteiger partial charge is 0.347 e. The minimum atomic E-state index is -3.50. The molecule has 0 saturated carbocycles. The summed E-state index contributed by atoms with van der Waals surface area (Å²) in [5.41, 5.74) is 3.96. The van der Waals surface area contributed by atoms with Crippen molar-refractivity contribution in [2.24, 2.45) is 5.41 Å². The molecule has 2 aromatic rings. The molecule has 0 fully saturated rings. The van der Waals surface area contributed by atoms with Crippen molar-refractivity contribution >= 4 is 21.6 Å². The predicted octanol–water partition coefficient (Wildman–Crippen LogP) is 5.72. The Hall–Kier alpha value is -2.34. The molecule has 0 atom stereocenters. The smallest absolute Gasteiger partial charge is 0.251 e. The van der Waals surface area contributed by atoms with Gasteiger partial charge in [0.15, 0.2) is 0 Å². The normalized spacial score (nSPS) is 12.5. The number of nitrogens with zero attached hydrogens (tertiary/aromatic N) is 1. The third-order valence-corrected chi connectivity index (χ3v) is 6.69. The summed E-state index contributed by atoms with van der Waals surface area (Å²) in [7, 11) is -3.50. The van der Waals surface area contributed by atoms with Gasteiger partial charge in [0.05, 0.1) is 18.5 Å².